The van der Waals surface area contributed by atoms with E-state index in [4.69, 9.17) is 25.2 Å². The van der Waals surface area contributed by atoms with Crippen LogP contribution in [0.3, 0.4) is 0 Å². The number of nitrogens with zero attached hydrogens (tertiary/aromatic N) is 4. The van der Waals surface area contributed by atoms with Gasteiger partial charge in [0, 0.05) is 42.4 Å². The number of morpholine rings is 1. The van der Waals surface area contributed by atoms with Crippen molar-refractivity contribution < 1.29 is 14.4 Å². The first-order valence-electron chi connectivity index (χ1n) is 11.2. The minimum atomic E-state index is -0.586. The number of hydrogen-bond donors (Lipinski definition) is 1. The zero-order valence-electron chi connectivity index (χ0n) is 19.6. The van der Waals surface area contributed by atoms with E-state index in [1.165, 1.54) is 12.1 Å². The van der Waals surface area contributed by atoms with E-state index in [0.717, 1.165) is 16.9 Å². The molecule has 34 heavy (non-hydrogen) atoms. The summed E-state index contributed by atoms with van der Waals surface area (Å²) >= 11 is 0. The lowest BCUT2D eigenvalue weighted by atomic mass is 10.1. The van der Waals surface area contributed by atoms with E-state index in [-0.39, 0.29) is 11.3 Å². The number of aromatic nitrogens is 2. The van der Waals surface area contributed by atoms with Crippen LogP contribution in [0.1, 0.15) is 32.6 Å². The second-order valence-corrected chi connectivity index (χ2v) is 9.12. The molecule has 1 unspecified atom stereocenters. The van der Waals surface area contributed by atoms with Gasteiger partial charge in [0.2, 0.25) is 0 Å². The van der Waals surface area contributed by atoms with E-state index >= 15 is 0 Å². The first-order valence-corrected chi connectivity index (χ1v) is 11.2. The minimum absolute atomic E-state index is 0.00766. The molecule has 4 rings (SSSR count). The molecule has 1 fully saturated rings. The van der Waals surface area contributed by atoms with Crippen LogP contribution in [0.25, 0.3) is 22.6 Å². The molecule has 1 aromatic heterocycles. The summed E-state index contributed by atoms with van der Waals surface area (Å²) < 4.78 is 11.4. The number of benzene rings is 2. The van der Waals surface area contributed by atoms with Crippen LogP contribution >= 0.6 is 0 Å². The van der Waals surface area contributed by atoms with Crippen LogP contribution in [0, 0.1) is 10.1 Å². The maximum absolute atomic E-state index is 11.3. The van der Waals surface area contributed by atoms with Crippen LogP contribution in [0.5, 0.6) is 0 Å². The van der Waals surface area contributed by atoms with Gasteiger partial charge in [-0.05, 0) is 32.4 Å². The molecule has 1 saturated heterocycles. The molecule has 1 atom stereocenters. The Bertz CT molecular complexity index is 1170. The first kappa shape index (κ1) is 23.7. The lowest BCUT2D eigenvalue weighted by Gasteiger charge is -2.28. The Morgan fingerprint density at radius 3 is 2.47 bits per heavy atom. The molecule has 3 aromatic rings. The first-order chi connectivity index (χ1) is 16.2. The van der Waals surface area contributed by atoms with Gasteiger partial charge in [-0.15, -0.1) is 0 Å². The number of nitro groups is 1. The summed E-state index contributed by atoms with van der Waals surface area (Å²) in [5.74, 6) is 1.17. The van der Waals surface area contributed by atoms with E-state index in [2.05, 4.69) is 4.90 Å². The van der Waals surface area contributed by atoms with Gasteiger partial charge in [0.15, 0.2) is 5.82 Å². The number of non-ortho nitro benzene ring substituents is 1. The molecule has 0 aliphatic carbocycles. The number of rotatable bonds is 6. The third-order valence-corrected chi connectivity index (χ3v) is 5.35. The number of nitrogens with two attached hydrogens (primary N) is 1. The molecule has 2 N–H and O–H groups in total. The van der Waals surface area contributed by atoms with Gasteiger partial charge in [-0.3, -0.25) is 10.1 Å². The van der Waals surface area contributed by atoms with Crippen molar-refractivity contribution in [3.8, 4) is 22.6 Å². The summed E-state index contributed by atoms with van der Waals surface area (Å²) in [7, 11) is 0. The van der Waals surface area contributed by atoms with E-state index in [9.17, 15) is 10.1 Å². The van der Waals surface area contributed by atoms with Crippen molar-refractivity contribution in [1.82, 2.24) is 9.97 Å². The molecule has 0 amide bonds. The highest BCUT2D eigenvalue weighted by molar-refractivity contribution is 5.69. The fourth-order valence-electron chi connectivity index (χ4n) is 3.75. The molecule has 0 radical (unpaired) electrons. The van der Waals surface area contributed by atoms with Gasteiger partial charge >= 0.3 is 0 Å². The Labute approximate surface area is 198 Å². The molecule has 2 aromatic carbocycles. The molecule has 178 valence electrons. The van der Waals surface area contributed by atoms with Crippen LogP contribution < -0.4 is 10.6 Å². The largest absolute Gasteiger partial charge is 0.378 e. The normalized spacial score (nSPS) is 15.2. The molecule has 0 bridgehead atoms. The van der Waals surface area contributed by atoms with Gasteiger partial charge in [0.05, 0.1) is 29.4 Å². The average molecular weight is 464 g/mol. The summed E-state index contributed by atoms with van der Waals surface area (Å²) in [5, 5.41) is 11.3. The zero-order chi connectivity index (χ0) is 24.3. The number of anilines is 1. The van der Waals surface area contributed by atoms with Gasteiger partial charge in [-0.1, -0.05) is 30.3 Å². The number of nitro benzene ring substituents is 1. The zero-order valence-corrected chi connectivity index (χ0v) is 19.6. The highest BCUT2D eigenvalue weighted by Crippen LogP contribution is 2.30. The van der Waals surface area contributed by atoms with E-state index < -0.39 is 11.2 Å². The summed E-state index contributed by atoms with van der Waals surface area (Å²) in [6, 6.07) is 16.0. The summed E-state index contributed by atoms with van der Waals surface area (Å²) in [6.07, 6.45) is -0.586. The van der Waals surface area contributed by atoms with Crippen molar-refractivity contribution in [3.63, 3.8) is 0 Å². The molecule has 9 nitrogen and oxygen atoms in total. The predicted octanol–water partition coefficient (Wildman–Crippen LogP) is 4.33. The van der Waals surface area contributed by atoms with Crippen molar-refractivity contribution in [2.45, 2.75) is 32.6 Å². The second kappa shape index (κ2) is 9.84. The molecule has 9 heteroatoms. The second-order valence-electron chi connectivity index (χ2n) is 9.12. The van der Waals surface area contributed by atoms with E-state index in [0.29, 0.717) is 43.4 Å². The van der Waals surface area contributed by atoms with Gasteiger partial charge < -0.3 is 20.1 Å². The molecule has 1 aliphatic rings. The molecule has 1 aliphatic heterocycles. The van der Waals surface area contributed by atoms with Crippen molar-refractivity contribution >= 4 is 11.5 Å². The topological polar surface area (TPSA) is 117 Å². The van der Waals surface area contributed by atoms with E-state index in [1.807, 2.05) is 51.1 Å². The summed E-state index contributed by atoms with van der Waals surface area (Å²) in [5.41, 5.74) is 8.87. The van der Waals surface area contributed by atoms with Crippen molar-refractivity contribution in [1.29, 1.82) is 0 Å². The fourth-order valence-corrected chi connectivity index (χ4v) is 3.75. The van der Waals surface area contributed by atoms with Crippen molar-refractivity contribution in [3.05, 3.63) is 70.3 Å². The molecular weight excluding hydrogens is 434 g/mol. The maximum atomic E-state index is 11.3. The standard InChI is InChI=1S/C25H29N5O4/c1-25(2,3)34-23(26)18-7-4-6-17(14-18)21-16-22(29-10-12-33-13-11-29)28-24(27-21)19-8-5-9-20(15-19)30(31)32/h4-9,14-16,23H,10-13,26H2,1-3H3. The summed E-state index contributed by atoms with van der Waals surface area (Å²) in [6.45, 7) is 8.51. The third-order valence-electron chi connectivity index (χ3n) is 5.35. The van der Waals surface area contributed by atoms with Gasteiger partial charge in [0.25, 0.3) is 5.69 Å². The third kappa shape index (κ3) is 5.74. The Morgan fingerprint density at radius 2 is 1.76 bits per heavy atom. The van der Waals surface area contributed by atoms with Crippen LogP contribution in [0.4, 0.5) is 11.5 Å². The van der Waals surface area contributed by atoms with Gasteiger partial charge in [-0.2, -0.15) is 0 Å². The van der Waals surface area contributed by atoms with Crippen molar-refractivity contribution in [2.75, 3.05) is 31.2 Å². The van der Waals surface area contributed by atoms with Crippen LogP contribution in [0.2, 0.25) is 0 Å². The maximum Gasteiger partial charge on any atom is 0.270 e. The monoisotopic (exact) mass is 463 g/mol. The summed E-state index contributed by atoms with van der Waals surface area (Å²) in [4.78, 5) is 22.5. The van der Waals surface area contributed by atoms with E-state index in [1.54, 1.807) is 12.1 Å². The van der Waals surface area contributed by atoms with Crippen LogP contribution in [-0.2, 0) is 9.47 Å². The van der Waals surface area contributed by atoms with Crippen molar-refractivity contribution in [2.24, 2.45) is 5.73 Å². The molecule has 0 saturated carbocycles. The lowest BCUT2D eigenvalue weighted by Crippen LogP contribution is -2.36. The molecule has 2 heterocycles. The molecule has 0 spiro atoms. The fraction of sp³-hybridized carbons (Fsp3) is 0.360. The quantitative estimate of drug-likeness (QED) is 0.326. The highest BCUT2D eigenvalue weighted by atomic mass is 16.6. The molecular formula is C25H29N5O4. The average Bonchev–Trinajstić information content (AvgIpc) is 2.83. The van der Waals surface area contributed by atoms with Gasteiger partial charge in [0.1, 0.15) is 12.0 Å². The van der Waals surface area contributed by atoms with Crippen LogP contribution in [-0.4, -0.2) is 46.8 Å². The Hall–Kier alpha value is -3.40. The van der Waals surface area contributed by atoms with Gasteiger partial charge in [-0.25, -0.2) is 9.97 Å². The highest BCUT2D eigenvalue weighted by Gasteiger charge is 2.20. The minimum Gasteiger partial charge on any atom is -0.378 e. The Balaban J connectivity index is 1.78. The predicted molar refractivity (Wildman–Crippen MR) is 130 cm³/mol. The number of hydrogen-bond acceptors (Lipinski definition) is 8. The Morgan fingerprint density at radius 1 is 1.06 bits per heavy atom. The lowest BCUT2D eigenvalue weighted by molar-refractivity contribution is -0.384. The Kier molecular flexibility index (Phi) is 6.87. The smallest absolute Gasteiger partial charge is 0.270 e. The SMILES string of the molecule is CC(C)(C)OC(N)c1cccc(-c2cc(N3CCOCC3)nc(-c3cccc([N+](=O)[O-])c3)n2)c1. The van der Waals surface area contributed by atoms with Crippen LogP contribution in [0.15, 0.2) is 54.6 Å². The number of ether oxygens (including phenoxy) is 2.